The molecule has 0 saturated heterocycles. The van der Waals surface area contributed by atoms with Gasteiger partial charge in [0.1, 0.15) is 40.3 Å². The Kier molecular flexibility index (Phi) is 21.3. The summed E-state index contributed by atoms with van der Waals surface area (Å²) in [6.45, 7) is 53.6. The first kappa shape index (κ1) is 71.2. The van der Waals surface area contributed by atoms with E-state index in [4.69, 9.17) is 9.11 Å². The highest BCUT2D eigenvalue weighted by molar-refractivity contribution is 7.85. The molecule has 0 aliphatic rings. The minimum atomic E-state index is -4.10. The number of benzene rings is 5. The van der Waals surface area contributed by atoms with Gasteiger partial charge in [-0.2, -0.15) is 16.8 Å². The van der Waals surface area contributed by atoms with Gasteiger partial charge in [0.25, 0.3) is 20.2 Å². The molecule has 5 aromatic carbocycles. The van der Waals surface area contributed by atoms with Crippen LogP contribution >= 0.6 is 0 Å². The highest BCUT2D eigenvalue weighted by atomic mass is 32.2. The van der Waals surface area contributed by atoms with E-state index in [-0.39, 0.29) is 60.7 Å². The zero-order valence-corrected chi connectivity index (χ0v) is 56.4. The molecule has 0 bridgehead atoms. The van der Waals surface area contributed by atoms with E-state index < -0.39 is 31.7 Å². The van der Waals surface area contributed by atoms with Crippen LogP contribution in [-0.2, 0) is 75.1 Å². The van der Waals surface area contributed by atoms with Crippen LogP contribution in [-0.4, -0.2) is 51.5 Å². The Morgan fingerprint density at radius 1 is 0.366 bits per heavy atom. The minimum Gasteiger partial charge on any atom is -0.508 e. The second-order valence-corrected chi connectivity index (χ2v) is 33.3. The van der Waals surface area contributed by atoms with E-state index in [0.29, 0.717) is 50.6 Å². The number of aromatic hydroxyl groups is 5. The summed E-state index contributed by atoms with van der Waals surface area (Å²) in [4.78, 5) is 0. The lowest BCUT2D eigenvalue weighted by Crippen LogP contribution is -2.32. The number of phenols is 5. The van der Waals surface area contributed by atoms with Crippen molar-refractivity contribution in [2.75, 3.05) is 0 Å². The van der Waals surface area contributed by atoms with Crippen LogP contribution in [0.1, 0.15) is 261 Å². The lowest BCUT2D eigenvalue weighted by molar-refractivity contribution is 0.404. The van der Waals surface area contributed by atoms with Crippen molar-refractivity contribution < 1.29 is 51.5 Å². The molecule has 5 aromatic rings. The van der Waals surface area contributed by atoms with Crippen LogP contribution in [0.3, 0.4) is 0 Å². The molecule has 1 unspecified atom stereocenters. The fourth-order valence-electron chi connectivity index (χ4n) is 11.2. The Balaban J connectivity index is 0.000000366. The largest absolute Gasteiger partial charge is 0.508 e. The van der Waals surface area contributed by atoms with Gasteiger partial charge in [-0.15, -0.1) is 0 Å². The summed E-state index contributed by atoms with van der Waals surface area (Å²) in [6.07, 6.45) is 1.69. The minimum absolute atomic E-state index is 0.171. The van der Waals surface area contributed by atoms with Crippen LogP contribution in [0, 0.1) is 20.8 Å². The molecule has 0 heterocycles. The first-order chi connectivity index (χ1) is 36.5. The molecule has 0 aliphatic heterocycles. The molecule has 0 fully saturated rings. The van der Waals surface area contributed by atoms with E-state index in [1.807, 2.05) is 101 Å². The molecule has 11 nitrogen and oxygen atoms in total. The Morgan fingerprint density at radius 2 is 0.610 bits per heavy atom. The lowest BCUT2D eigenvalue weighted by Gasteiger charge is -2.41. The van der Waals surface area contributed by atoms with E-state index in [0.717, 1.165) is 46.2 Å². The molecule has 0 spiro atoms. The summed E-state index contributed by atoms with van der Waals surface area (Å²) >= 11 is 0. The van der Waals surface area contributed by atoms with Crippen molar-refractivity contribution in [2.24, 2.45) is 0 Å². The van der Waals surface area contributed by atoms with Crippen molar-refractivity contribution >= 4 is 20.2 Å². The van der Waals surface area contributed by atoms with Gasteiger partial charge in [0.15, 0.2) is 0 Å². The Labute approximate surface area is 495 Å². The van der Waals surface area contributed by atoms with E-state index >= 15 is 0 Å². The second-order valence-electron chi connectivity index (χ2n) is 30.4. The summed E-state index contributed by atoms with van der Waals surface area (Å²) in [7, 11) is -8.19. The van der Waals surface area contributed by atoms with Crippen molar-refractivity contribution in [3.05, 3.63) is 144 Å². The fourth-order valence-corrected chi connectivity index (χ4v) is 12.4. The van der Waals surface area contributed by atoms with E-state index in [1.54, 1.807) is 24.3 Å². The quantitative estimate of drug-likeness (QED) is 0.0654. The van der Waals surface area contributed by atoms with Crippen LogP contribution in [0.2, 0.25) is 0 Å². The average Bonchev–Trinajstić information content (AvgIpc) is 3.23. The van der Waals surface area contributed by atoms with Crippen LogP contribution in [0.4, 0.5) is 0 Å². The lowest BCUT2D eigenvalue weighted by atomic mass is 9.62. The zero-order chi connectivity index (χ0) is 64.0. The summed E-state index contributed by atoms with van der Waals surface area (Å²) in [5, 5.41) is 53.9. The topological polar surface area (TPSA) is 210 Å². The maximum atomic E-state index is 11.1. The van der Waals surface area contributed by atoms with E-state index in [9.17, 15) is 42.4 Å². The SMILES string of the molecule is CC(C)(C)c1cc(CS(=O)(=O)O)cc(C(C)(C)C)c1O.CC(C)(C)c1cc(CS(=O)(=O)O)cc(C(C)(C)C)c1O.CCC(CC(C)c1cc(C(C)(C)C)c(O)cc1C)(c1cc(C(C)(C)C)c(O)cc1C)c1cc(C(C)(C)C)c(O)cc1C. The molecule has 0 aromatic heterocycles. The normalized spacial score (nSPS) is 13.7. The van der Waals surface area contributed by atoms with Crippen molar-refractivity contribution in [3.8, 4) is 28.7 Å². The monoisotopic (exact) mass is 1170 g/mol. The molecular weight excluding hydrogens is 1070 g/mol. The maximum Gasteiger partial charge on any atom is 0.269 e. The third kappa shape index (κ3) is 18.0. The number of hydrogen-bond acceptors (Lipinski definition) is 9. The molecule has 1 atom stereocenters. The summed E-state index contributed by atoms with van der Waals surface area (Å²) in [5.74, 6) is 0.704. The molecule has 5 rings (SSSR count). The third-order valence-electron chi connectivity index (χ3n) is 15.6. The average molecular weight is 1170 g/mol. The van der Waals surface area contributed by atoms with Crippen LogP contribution in [0.25, 0.3) is 0 Å². The molecule has 0 aliphatic carbocycles. The zero-order valence-electron chi connectivity index (χ0n) is 54.8. The summed E-state index contributed by atoms with van der Waals surface area (Å²) in [6, 6.07) is 19.1. The van der Waals surface area contributed by atoms with E-state index in [2.05, 4.69) is 115 Å². The van der Waals surface area contributed by atoms with Gasteiger partial charge in [-0.25, -0.2) is 0 Å². The van der Waals surface area contributed by atoms with Crippen molar-refractivity contribution in [3.63, 3.8) is 0 Å². The summed E-state index contributed by atoms with van der Waals surface area (Å²) in [5.41, 5.74) is 11.2. The van der Waals surface area contributed by atoms with Gasteiger partial charge >= 0.3 is 0 Å². The highest BCUT2D eigenvalue weighted by Gasteiger charge is 2.40. The van der Waals surface area contributed by atoms with Crippen LogP contribution in [0.15, 0.2) is 60.7 Å². The Hall–Kier alpha value is -5.08. The Bertz CT molecular complexity index is 3080. The van der Waals surface area contributed by atoms with Crippen molar-refractivity contribution in [1.82, 2.24) is 0 Å². The van der Waals surface area contributed by atoms with Gasteiger partial charge in [0.05, 0.1) is 0 Å². The van der Waals surface area contributed by atoms with Gasteiger partial charge in [-0.1, -0.05) is 202 Å². The molecule has 13 heteroatoms. The predicted molar refractivity (Wildman–Crippen MR) is 340 cm³/mol. The van der Waals surface area contributed by atoms with Gasteiger partial charge in [-0.3, -0.25) is 9.11 Å². The van der Waals surface area contributed by atoms with Gasteiger partial charge < -0.3 is 25.5 Å². The maximum absolute atomic E-state index is 11.1. The standard InChI is InChI=1S/C39H56O3.2C15H24O4S/c1-15-39(28-20-31(37(9,10)11)34(41)17-24(28)3,29-21-32(38(12,13)14)35(42)18-25(29)4)22-26(5)27-19-30(36(6,7)8)33(40)16-23(27)2;2*1-14(2,3)11-7-10(9-20(17,18)19)8-12(13(11)16)15(4,5)6/h16-21,26,40-42H,15,22H2,1-14H3;2*7-8,16H,9H2,1-6H3,(H,17,18,19). The first-order valence-corrected chi connectivity index (χ1v) is 31.9. The number of rotatable bonds is 10. The number of phenolic OH excluding ortho intramolecular Hbond substituents is 5. The number of hydrogen-bond donors (Lipinski definition) is 7. The van der Waals surface area contributed by atoms with Gasteiger partial charge in [-0.05, 0) is 179 Å². The fraction of sp³-hybridized carbons (Fsp3) is 0.565. The molecule has 0 amide bonds. The smallest absolute Gasteiger partial charge is 0.269 e. The molecule has 0 radical (unpaired) electrons. The van der Waals surface area contributed by atoms with Gasteiger partial charge in [0, 0.05) is 5.41 Å². The third-order valence-corrected chi connectivity index (χ3v) is 17.0. The predicted octanol–water partition coefficient (Wildman–Crippen LogP) is 17.3. The van der Waals surface area contributed by atoms with Gasteiger partial charge in [0.2, 0.25) is 0 Å². The Morgan fingerprint density at radius 3 is 0.841 bits per heavy atom. The molecule has 458 valence electrons. The highest BCUT2D eigenvalue weighted by Crippen LogP contribution is 2.51. The number of aryl methyl sites for hydroxylation is 3. The molecule has 82 heavy (non-hydrogen) atoms. The second kappa shape index (κ2) is 24.5. The first-order valence-electron chi connectivity index (χ1n) is 28.6. The van der Waals surface area contributed by atoms with Crippen molar-refractivity contribution in [1.29, 1.82) is 0 Å². The van der Waals surface area contributed by atoms with Crippen LogP contribution in [0.5, 0.6) is 28.7 Å². The molecule has 0 saturated carbocycles. The van der Waals surface area contributed by atoms with E-state index in [1.165, 1.54) is 16.7 Å². The van der Waals surface area contributed by atoms with Crippen LogP contribution < -0.4 is 0 Å². The van der Waals surface area contributed by atoms with Crippen molar-refractivity contribution in [2.45, 2.75) is 254 Å². The molecule has 7 N–H and O–H groups in total. The molecular formula is C69H104O11S2. The summed E-state index contributed by atoms with van der Waals surface area (Å²) < 4.78 is 62.5.